The van der Waals surface area contributed by atoms with Crippen LogP contribution < -0.4 is 15.8 Å². The maximum atomic E-state index is 13.3. The van der Waals surface area contributed by atoms with Gasteiger partial charge in [-0.3, -0.25) is 9.59 Å². The van der Waals surface area contributed by atoms with Gasteiger partial charge in [-0.2, -0.15) is 11.8 Å². The number of anilines is 1. The Balaban J connectivity index is 1.35. The number of aromatic nitrogens is 2. The third-order valence-corrected chi connectivity index (χ3v) is 7.62. The average Bonchev–Trinajstić information content (AvgIpc) is 3.48. The van der Waals surface area contributed by atoms with Gasteiger partial charge in [0.05, 0.1) is 17.4 Å². The molecule has 9 heteroatoms. The third-order valence-electron chi connectivity index (χ3n) is 5.20. The molecule has 0 radical (unpaired) electrons. The van der Waals surface area contributed by atoms with E-state index in [2.05, 4.69) is 10.3 Å². The molecule has 5 rings (SSSR count). The van der Waals surface area contributed by atoms with Crippen molar-refractivity contribution in [3.05, 3.63) is 88.7 Å². The minimum absolute atomic E-state index is 0.146. The van der Waals surface area contributed by atoms with Crippen molar-refractivity contribution in [1.29, 1.82) is 0 Å². The molecule has 0 saturated heterocycles. The van der Waals surface area contributed by atoms with Gasteiger partial charge in [-0.05, 0) is 54.1 Å². The molecule has 0 aliphatic carbocycles. The number of thiophene rings is 1. The zero-order valence-electron chi connectivity index (χ0n) is 17.5. The highest BCUT2D eigenvalue weighted by Gasteiger charge is 2.26. The summed E-state index contributed by atoms with van der Waals surface area (Å²) < 4.78 is 7.71. The second kappa shape index (κ2) is 9.13. The number of pyridine rings is 1. The van der Waals surface area contributed by atoms with Crippen molar-refractivity contribution in [2.45, 2.75) is 12.2 Å². The van der Waals surface area contributed by atoms with Gasteiger partial charge in [0.15, 0.2) is 0 Å². The van der Waals surface area contributed by atoms with Gasteiger partial charge < -0.3 is 20.4 Å². The second-order valence-corrected chi connectivity index (χ2v) is 9.60. The molecule has 0 bridgehead atoms. The first-order valence-corrected chi connectivity index (χ1v) is 12.3. The Kier molecular flexibility index (Phi) is 5.89. The molecule has 33 heavy (non-hydrogen) atoms. The molecule has 1 aliphatic heterocycles. The summed E-state index contributed by atoms with van der Waals surface area (Å²) >= 11 is 3.58. The topological polar surface area (TPSA) is 99.2 Å². The zero-order chi connectivity index (χ0) is 22.8. The first-order chi connectivity index (χ1) is 16.1. The van der Waals surface area contributed by atoms with Crippen LogP contribution in [0.2, 0.25) is 0 Å². The SMILES string of the molecule is NC(=O)c1cccc(Oc2ccc(NC(=O)c3c(-n4cccc4)sc4c3CCSC4)cn2)c1. The Labute approximate surface area is 198 Å². The number of ether oxygens (including phenoxy) is 1. The molecule has 3 aromatic heterocycles. The number of amides is 2. The maximum Gasteiger partial charge on any atom is 0.259 e. The Bertz CT molecular complexity index is 1310. The Morgan fingerprint density at radius 1 is 1.12 bits per heavy atom. The summed E-state index contributed by atoms with van der Waals surface area (Å²) in [4.78, 5) is 30.2. The van der Waals surface area contributed by atoms with Crippen LogP contribution in [-0.2, 0) is 12.2 Å². The van der Waals surface area contributed by atoms with Crippen molar-refractivity contribution in [2.24, 2.45) is 5.73 Å². The van der Waals surface area contributed by atoms with Crippen molar-refractivity contribution < 1.29 is 14.3 Å². The number of nitrogens with one attached hydrogen (secondary N) is 1. The van der Waals surface area contributed by atoms with E-state index in [0.29, 0.717) is 22.9 Å². The lowest BCUT2D eigenvalue weighted by atomic mass is 10.1. The zero-order valence-corrected chi connectivity index (χ0v) is 19.1. The van der Waals surface area contributed by atoms with E-state index in [0.717, 1.165) is 34.1 Å². The first kappa shape index (κ1) is 21.3. The van der Waals surface area contributed by atoms with Crippen molar-refractivity contribution in [1.82, 2.24) is 9.55 Å². The lowest BCUT2D eigenvalue weighted by Gasteiger charge is -2.13. The number of rotatable bonds is 6. The van der Waals surface area contributed by atoms with E-state index in [1.54, 1.807) is 53.9 Å². The van der Waals surface area contributed by atoms with Gasteiger partial charge in [-0.25, -0.2) is 4.98 Å². The Morgan fingerprint density at radius 3 is 2.73 bits per heavy atom. The fourth-order valence-electron chi connectivity index (χ4n) is 3.65. The second-order valence-electron chi connectivity index (χ2n) is 7.41. The number of nitrogens with zero attached hydrogens (tertiary/aromatic N) is 2. The fraction of sp³-hybridized carbons (Fsp3) is 0.125. The monoisotopic (exact) mass is 476 g/mol. The van der Waals surface area contributed by atoms with Gasteiger partial charge in [-0.15, -0.1) is 11.3 Å². The molecule has 0 atom stereocenters. The van der Waals surface area contributed by atoms with Crippen LogP contribution in [0.4, 0.5) is 5.69 Å². The lowest BCUT2D eigenvalue weighted by Crippen LogP contribution is -2.16. The van der Waals surface area contributed by atoms with Gasteiger partial charge in [-0.1, -0.05) is 6.07 Å². The largest absolute Gasteiger partial charge is 0.439 e. The van der Waals surface area contributed by atoms with Crippen LogP contribution in [0, 0.1) is 0 Å². The van der Waals surface area contributed by atoms with Crippen LogP contribution in [0.5, 0.6) is 11.6 Å². The van der Waals surface area contributed by atoms with Crippen molar-refractivity contribution in [3.63, 3.8) is 0 Å². The van der Waals surface area contributed by atoms with E-state index >= 15 is 0 Å². The molecular weight excluding hydrogens is 456 g/mol. The van der Waals surface area contributed by atoms with Crippen LogP contribution in [0.25, 0.3) is 5.00 Å². The van der Waals surface area contributed by atoms with E-state index in [9.17, 15) is 9.59 Å². The Morgan fingerprint density at radius 2 is 1.97 bits per heavy atom. The Hall–Kier alpha value is -3.56. The van der Waals surface area contributed by atoms with Crippen LogP contribution in [0.15, 0.2) is 67.1 Å². The molecule has 2 amide bonds. The molecule has 7 nitrogen and oxygen atoms in total. The molecule has 0 saturated carbocycles. The molecule has 1 aromatic carbocycles. The summed E-state index contributed by atoms with van der Waals surface area (Å²) in [6.45, 7) is 0. The van der Waals surface area contributed by atoms with Gasteiger partial charge in [0, 0.05) is 34.7 Å². The smallest absolute Gasteiger partial charge is 0.259 e. The summed E-state index contributed by atoms with van der Waals surface area (Å²) in [5.41, 5.74) is 8.11. The predicted octanol–water partition coefficient (Wildman–Crippen LogP) is 4.87. The summed E-state index contributed by atoms with van der Waals surface area (Å²) in [7, 11) is 0. The third kappa shape index (κ3) is 4.50. The number of hydrogen-bond donors (Lipinski definition) is 2. The average molecular weight is 477 g/mol. The fourth-order valence-corrected chi connectivity index (χ4v) is 6.09. The van der Waals surface area contributed by atoms with Crippen LogP contribution in [-0.4, -0.2) is 27.1 Å². The van der Waals surface area contributed by atoms with Crippen molar-refractivity contribution >= 4 is 40.6 Å². The number of thioether (sulfide) groups is 1. The number of carbonyl (C=O) groups excluding carboxylic acids is 2. The summed E-state index contributed by atoms with van der Waals surface area (Å²) in [5, 5.41) is 3.92. The molecule has 4 aromatic rings. The molecule has 1 aliphatic rings. The minimum Gasteiger partial charge on any atom is -0.439 e. The molecule has 0 fully saturated rings. The summed E-state index contributed by atoms with van der Waals surface area (Å²) in [5.74, 6) is 2.07. The highest BCUT2D eigenvalue weighted by atomic mass is 32.2. The number of hydrogen-bond acceptors (Lipinski definition) is 6. The highest BCUT2D eigenvalue weighted by molar-refractivity contribution is 7.98. The van der Waals surface area contributed by atoms with Crippen molar-refractivity contribution in [2.75, 3.05) is 11.1 Å². The number of benzene rings is 1. The molecule has 4 heterocycles. The normalized spacial score (nSPS) is 12.7. The van der Waals surface area contributed by atoms with Crippen LogP contribution >= 0.6 is 23.1 Å². The summed E-state index contributed by atoms with van der Waals surface area (Å²) in [6.07, 6.45) is 6.36. The van der Waals surface area contributed by atoms with E-state index in [1.165, 1.54) is 4.88 Å². The van der Waals surface area contributed by atoms with Crippen molar-refractivity contribution in [3.8, 4) is 16.6 Å². The quantitative estimate of drug-likeness (QED) is 0.414. The van der Waals surface area contributed by atoms with Gasteiger partial charge in [0.25, 0.3) is 5.91 Å². The van der Waals surface area contributed by atoms with Crippen LogP contribution in [0.1, 0.15) is 31.2 Å². The summed E-state index contributed by atoms with van der Waals surface area (Å²) in [6, 6.07) is 13.9. The van der Waals surface area contributed by atoms with Gasteiger partial charge >= 0.3 is 0 Å². The van der Waals surface area contributed by atoms with Crippen LogP contribution in [0.3, 0.4) is 0 Å². The molecule has 166 valence electrons. The van der Waals surface area contributed by atoms with Gasteiger partial charge in [0.1, 0.15) is 10.8 Å². The first-order valence-electron chi connectivity index (χ1n) is 10.3. The lowest BCUT2D eigenvalue weighted by molar-refractivity contribution is 0.0997. The maximum absolute atomic E-state index is 13.3. The van der Waals surface area contributed by atoms with E-state index < -0.39 is 5.91 Å². The number of nitrogens with two attached hydrogens (primary N) is 1. The highest BCUT2D eigenvalue weighted by Crippen LogP contribution is 2.38. The van der Waals surface area contributed by atoms with E-state index in [-0.39, 0.29) is 5.91 Å². The molecule has 3 N–H and O–H groups in total. The number of fused-ring (bicyclic) bond motifs is 1. The minimum atomic E-state index is -0.528. The molecule has 0 unspecified atom stereocenters. The standard InChI is InChI=1S/C24H20N4O3S2/c25-22(29)15-4-3-5-17(12-15)31-20-7-6-16(13-26-20)27-23(30)21-18-8-11-32-14-19(18)33-24(21)28-9-1-2-10-28/h1-7,9-10,12-13H,8,11,14H2,(H2,25,29)(H,27,30). The predicted molar refractivity (Wildman–Crippen MR) is 131 cm³/mol. The number of primary amides is 1. The van der Waals surface area contributed by atoms with E-state index in [1.807, 2.05) is 40.9 Å². The number of carbonyl (C=O) groups is 2. The molecule has 0 spiro atoms. The van der Waals surface area contributed by atoms with Gasteiger partial charge in [0.2, 0.25) is 11.8 Å². The van der Waals surface area contributed by atoms with E-state index in [4.69, 9.17) is 10.5 Å². The molecular formula is C24H20N4O3S2.